The number of alkyl halides is 3. The van der Waals surface area contributed by atoms with Crippen molar-refractivity contribution in [1.82, 2.24) is 9.78 Å². The van der Waals surface area contributed by atoms with Crippen molar-refractivity contribution < 1.29 is 23.1 Å². The van der Waals surface area contributed by atoms with Crippen molar-refractivity contribution in [3.63, 3.8) is 0 Å². The molecule has 0 radical (unpaired) electrons. The summed E-state index contributed by atoms with van der Waals surface area (Å²) in [6.45, 7) is 0.847. The standard InChI is InChI=1S/C7H7F3N2O2/c1-4(7(8,9)10)12-5(6(13)14)2-3-11-12/h2-4H,1H3,(H,13,14). The molecule has 1 aromatic rings. The smallest absolute Gasteiger partial charge is 0.410 e. The van der Waals surface area contributed by atoms with Crippen LogP contribution in [0.5, 0.6) is 0 Å². The second kappa shape index (κ2) is 3.32. The summed E-state index contributed by atoms with van der Waals surface area (Å²) in [6.07, 6.45) is -3.48. The topological polar surface area (TPSA) is 55.1 Å². The van der Waals surface area contributed by atoms with E-state index >= 15 is 0 Å². The van der Waals surface area contributed by atoms with Gasteiger partial charge in [-0.15, -0.1) is 0 Å². The first-order valence-corrected chi connectivity index (χ1v) is 3.67. The maximum atomic E-state index is 12.2. The summed E-state index contributed by atoms with van der Waals surface area (Å²) < 4.78 is 37.0. The van der Waals surface area contributed by atoms with E-state index in [4.69, 9.17) is 5.11 Å². The summed E-state index contributed by atoms with van der Waals surface area (Å²) in [6, 6.07) is -0.923. The van der Waals surface area contributed by atoms with E-state index in [-0.39, 0.29) is 0 Å². The number of hydrogen-bond acceptors (Lipinski definition) is 2. The molecule has 0 saturated carbocycles. The zero-order valence-electron chi connectivity index (χ0n) is 7.12. The van der Waals surface area contributed by atoms with Gasteiger partial charge in [-0.2, -0.15) is 18.3 Å². The fourth-order valence-electron chi connectivity index (χ4n) is 0.931. The minimum Gasteiger partial charge on any atom is -0.477 e. The van der Waals surface area contributed by atoms with E-state index in [0.717, 1.165) is 19.2 Å². The van der Waals surface area contributed by atoms with Crippen LogP contribution in [0, 0.1) is 0 Å². The highest BCUT2D eigenvalue weighted by Gasteiger charge is 2.39. The Kier molecular flexibility index (Phi) is 2.50. The largest absolute Gasteiger partial charge is 0.477 e. The molecule has 14 heavy (non-hydrogen) atoms. The fraction of sp³-hybridized carbons (Fsp3) is 0.429. The number of aromatic nitrogens is 2. The molecule has 1 N–H and O–H groups in total. The normalized spacial score (nSPS) is 14.0. The first-order valence-electron chi connectivity index (χ1n) is 3.67. The van der Waals surface area contributed by atoms with Gasteiger partial charge in [0.1, 0.15) is 11.7 Å². The molecule has 7 heteroatoms. The van der Waals surface area contributed by atoms with Crippen LogP contribution in [0.1, 0.15) is 23.5 Å². The zero-order chi connectivity index (χ0) is 10.9. The third-order valence-corrected chi connectivity index (χ3v) is 1.73. The molecule has 1 aromatic heterocycles. The van der Waals surface area contributed by atoms with Gasteiger partial charge in [0, 0.05) is 6.20 Å². The molecule has 4 nitrogen and oxygen atoms in total. The fourth-order valence-corrected chi connectivity index (χ4v) is 0.931. The van der Waals surface area contributed by atoms with Crippen LogP contribution >= 0.6 is 0 Å². The first kappa shape index (κ1) is 10.6. The van der Waals surface area contributed by atoms with Gasteiger partial charge >= 0.3 is 12.1 Å². The molecule has 1 atom stereocenters. The second-order valence-corrected chi connectivity index (χ2v) is 2.68. The molecule has 0 amide bonds. The monoisotopic (exact) mass is 208 g/mol. The molecule has 1 heterocycles. The van der Waals surface area contributed by atoms with Crippen molar-refractivity contribution in [3.8, 4) is 0 Å². The van der Waals surface area contributed by atoms with Crippen LogP contribution < -0.4 is 0 Å². The Balaban J connectivity index is 3.07. The molecular weight excluding hydrogens is 201 g/mol. The van der Waals surface area contributed by atoms with Gasteiger partial charge in [0.2, 0.25) is 0 Å². The summed E-state index contributed by atoms with van der Waals surface area (Å²) in [5.74, 6) is -1.43. The van der Waals surface area contributed by atoms with Crippen molar-refractivity contribution in [2.24, 2.45) is 0 Å². The number of hydrogen-bond donors (Lipinski definition) is 1. The highest BCUT2D eigenvalue weighted by molar-refractivity contribution is 5.85. The molecule has 1 unspecified atom stereocenters. The van der Waals surface area contributed by atoms with E-state index in [1.807, 2.05) is 0 Å². The summed E-state index contributed by atoms with van der Waals surface area (Å²) in [5, 5.41) is 11.9. The maximum absolute atomic E-state index is 12.2. The number of nitrogens with zero attached hydrogens (tertiary/aromatic N) is 2. The zero-order valence-corrected chi connectivity index (χ0v) is 7.12. The highest BCUT2D eigenvalue weighted by atomic mass is 19.4. The Hall–Kier alpha value is -1.53. The van der Waals surface area contributed by atoms with E-state index in [1.54, 1.807) is 0 Å². The summed E-state index contributed by atoms with van der Waals surface area (Å²) >= 11 is 0. The molecular formula is C7H7F3N2O2. The summed E-state index contributed by atoms with van der Waals surface area (Å²) in [4.78, 5) is 10.5. The van der Waals surface area contributed by atoms with Gasteiger partial charge in [0.25, 0.3) is 0 Å². The molecule has 1 rings (SSSR count). The minimum absolute atomic E-state index is 0.433. The van der Waals surface area contributed by atoms with Gasteiger partial charge in [-0.1, -0.05) is 0 Å². The van der Waals surface area contributed by atoms with Crippen LogP contribution in [0.25, 0.3) is 0 Å². The van der Waals surface area contributed by atoms with Crippen LogP contribution in [0.15, 0.2) is 12.3 Å². The van der Waals surface area contributed by atoms with E-state index < -0.39 is 23.9 Å². The van der Waals surface area contributed by atoms with Crippen LogP contribution in [0.4, 0.5) is 13.2 Å². The lowest BCUT2D eigenvalue weighted by atomic mass is 10.3. The predicted molar refractivity (Wildman–Crippen MR) is 40.0 cm³/mol. The number of carbonyl (C=O) groups is 1. The van der Waals surface area contributed by atoms with E-state index in [1.165, 1.54) is 0 Å². The van der Waals surface area contributed by atoms with Gasteiger partial charge < -0.3 is 5.11 Å². The van der Waals surface area contributed by atoms with Crippen molar-refractivity contribution in [2.45, 2.75) is 19.1 Å². The third kappa shape index (κ3) is 1.86. The SMILES string of the molecule is CC(n1nccc1C(=O)O)C(F)(F)F. The average Bonchev–Trinajstić information content (AvgIpc) is 2.48. The molecule has 0 fully saturated rings. The quantitative estimate of drug-likeness (QED) is 0.804. The molecule has 0 bridgehead atoms. The number of carboxylic acid groups (broad SMARTS) is 1. The lowest BCUT2D eigenvalue weighted by Gasteiger charge is -2.17. The lowest BCUT2D eigenvalue weighted by Crippen LogP contribution is -2.27. The number of aromatic carboxylic acids is 1. The van der Waals surface area contributed by atoms with Gasteiger partial charge in [-0.3, -0.25) is 0 Å². The molecule has 78 valence electrons. The number of halogens is 3. The third-order valence-electron chi connectivity index (χ3n) is 1.73. The number of carboxylic acids is 1. The van der Waals surface area contributed by atoms with E-state index in [2.05, 4.69) is 5.10 Å². The van der Waals surface area contributed by atoms with Crippen molar-refractivity contribution in [2.75, 3.05) is 0 Å². The van der Waals surface area contributed by atoms with Crippen molar-refractivity contribution >= 4 is 5.97 Å². The van der Waals surface area contributed by atoms with Gasteiger partial charge in [-0.05, 0) is 13.0 Å². The molecule has 0 aliphatic heterocycles. The highest BCUT2D eigenvalue weighted by Crippen LogP contribution is 2.30. The molecule has 0 saturated heterocycles. The Bertz CT molecular complexity index is 345. The second-order valence-electron chi connectivity index (χ2n) is 2.68. The minimum atomic E-state index is -4.50. The Morgan fingerprint density at radius 1 is 1.64 bits per heavy atom. The maximum Gasteiger partial charge on any atom is 0.410 e. The van der Waals surface area contributed by atoms with Crippen molar-refractivity contribution in [1.29, 1.82) is 0 Å². The molecule has 0 aromatic carbocycles. The van der Waals surface area contributed by atoms with E-state index in [0.29, 0.717) is 4.68 Å². The van der Waals surface area contributed by atoms with E-state index in [9.17, 15) is 18.0 Å². The van der Waals surface area contributed by atoms with Crippen LogP contribution in [0.2, 0.25) is 0 Å². The molecule has 0 aliphatic rings. The van der Waals surface area contributed by atoms with Crippen molar-refractivity contribution in [3.05, 3.63) is 18.0 Å². The van der Waals surface area contributed by atoms with Crippen LogP contribution in [-0.2, 0) is 0 Å². The molecule has 0 spiro atoms. The Labute approximate surface area is 77.0 Å². The van der Waals surface area contributed by atoms with Gasteiger partial charge in [-0.25, -0.2) is 9.48 Å². The Morgan fingerprint density at radius 3 is 2.64 bits per heavy atom. The number of rotatable bonds is 2. The predicted octanol–water partition coefficient (Wildman–Crippen LogP) is 1.70. The lowest BCUT2D eigenvalue weighted by molar-refractivity contribution is -0.165. The van der Waals surface area contributed by atoms with Gasteiger partial charge in [0.15, 0.2) is 0 Å². The Morgan fingerprint density at radius 2 is 2.21 bits per heavy atom. The summed E-state index contributed by atoms with van der Waals surface area (Å²) in [7, 11) is 0. The summed E-state index contributed by atoms with van der Waals surface area (Å²) in [5.41, 5.74) is -0.477. The van der Waals surface area contributed by atoms with Crippen LogP contribution in [-0.4, -0.2) is 27.0 Å². The first-order chi connectivity index (χ1) is 6.34. The molecule has 0 aliphatic carbocycles. The van der Waals surface area contributed by atoms with Gasteiger partial charge in [0.05, 0.1) is 0 Å². The van der Waals surface area contributed by atoms with Crippen LogP contribution in [0.3, 0.4) is 0 Å². The average molecular weight is 208 g/mol.